The van der Waals surface area contributed by atoms with Crippen LogP contribution in [0.4, 0.5) is 0 Å². The maximum absolute atomic E-state index is 12.5. The van der Waals surface area contributed by atoms with Crippen molar-refractivity contribution in [2.45, 2.75) is 39.8 Å². The average Bonchev–Trinajstić information content (AvgIpc) is 3.33. The number of carbonyl (C=O) groups is 1. The lowest BCUT2D eigenvalue weighted by Gasteiger charge is -2.07. The minimum Gasteiger partial charge on any atom is -0.454 e. The topological polar surface area (TPSA) is 87.7 Å². The van der Waals surface area contributed by atoms with Crippen molar-refractivity contribution in [2.24, 2.45) is 0 Å². The van der Waals surface area contributed by atoms with Crippen molar-refractivity contribution in [1.29, 1.82) is 0 Å². The largest absolute Gasteiger partial charge is 0.454 e. The van der Waals surface area contributed by atoms with E-state index in [-0.39, 0.29) is 6.61 Å². The number of ether oxygens (including phenoxy) is 1. The molecule has 0 aliphatic heterocycles. The second-order valence-corrected chi connectivity index (χ2v) is 6.78. The highest BCUT2D eigenvalue weighted by molar-refractivity contribution is 5.94. The van der Waals surface area contributed by atoms with Crippen molar-refractivity contribution in [3.05, 3.63) is 65.7 Å². The van der Waals surface area contributed by atoms with Crippen LogP contribution in [0.15, 0.2) is 48.5 Å². The lowest BCUT2D eigenvalue weighted by molar-refractivity contribution is 0.0456. The molecule has 0 unspecified atom stereocenters. The van der Waals surface area contributed by atoms with Crippen LogP contribution in [-0.4, -0.2) is 35.7 Å². The summed E-state index contributed by atoms with van der Waals surface area (Å²) < 4.78 is 9.16. The first-order chi connectivity index (χ1) is 14.2. The zero-order valence-electron chi connectivity index (χ0n) is 16.4. The van der Waals surface area contributed by atoms with Gasteiger partial charge >= 0.3 is 5.97 Å². The summed E-state index contributed by atoms with van der Waals surface area (Å²) in [4.78, 5) is 17.1. The van der Waals surface area contributed by atoms with Crippen molar-refractivity contribution in [2.75, 3.05) is 0 Å². The van der Waals surface area contributed by atoms with Gasteiger partial charge in [-0.1, -0.05) is 31.5 Å². The van der Waals surface area contributed by atoms with Crippen molar-refractivity contribution >= 4 is 17.0 Å². The second kappa shape index (κ2) is 8.22. The molecule has 0 atom stereocenters. The van der Waals surface area contributed by atoms with Crippen LogP contribution in [0, 0.1) is 6.92 Å². The molecule has 0 N–H and O–H groups in total. The fourth-order valence-electron chi connectivity index (χ4n) is 3.25. The first-order valence-corrected chi connectivity index (χ1v) is 9.64. The monoisotopic (exact) mass is 390 g/mol. The number of imidazole rings is 1. The minimum absolute atomic E-state index is 0.0328. The van der Waals surface area contributed by atoms with Gasteiger partial charge in [0.25, 0.3) is 0 Å². The number of tetrazole rings is 1. The molecule has 0 saturated carbocycles. The van der Waals surface area contributed by atoms with Crippen molar-refractivity contribution in [1.82, 2.24) is 29.8 Å². The highest BCUT2D eigenvalue weighted by Gasteiger charge is 2.15. The fraction of sp³-hybridized carbons (Fsp3) is 0.286. The number of carbonyl (C=O) groups excluding carboxylic acids is 1. The maximum Gasteiger partial charge on any atom is 0.338 e. The zero-order valence-corrected chi connectivity index (χ0v) is 16.4. The van der Waals surface area contributed by atoms with Crippen LogP contribution in [0.25, 0.3) is 16.7 Å². The molecular formula is C21H22N6O2. The standard InChI is InChI=1S/C21H22N6O2/c1-3-4-12-26-20(23-24-25-26)14-29-21(28)16-10-11-19-18(13-16)22-15(2)27(19)17-8-6-5-7-9-17/h5-11,13H,3-4,12,14H2,1-2H3. The van der Waals surface area contributed by atoms with E-state index in [4.69, 9.17) is 4.74 Å². The van der Waals surface area contributed by atoms with E-state index in [1.54, 1.807) is 16.8 Å². The Morgan fingerprint density at radius 1 is 1.14 bits per heavy atom. The number of fused-ring (bicyclic) bond motifs is 1. The lowest BCUT2D eigenvalue weighted by atomic mass is 10.2. The molecule has 0 bridgehead atoms. The number of benzene rings is 2. The molecule has 0 radical (unpaired) electrons. The summed E-state index contributed by atoms with van der Waals surface area (Å²) in [6.45, 7) is 4.78. The summed E-state index contributed by atoms with van der Waals surface area (Å²) in [5, 5.41) is 11.5. The summed E-state index contributed by atoms with van der Waals surface area (Å²) in [6, 6.07) is 15.4. The molecule has 8 nitrogen and oxygen atoms in total. The van der Waals surface area contributed by atoms with E-state index in [9.17, 15) is 4.79 Å². The molecule has 0 aliphatic rings. The Labute approximate surface area is 168 Å². The Morgan fingerprint density at radius 2 is 1.97 bits per heavy atom. The van der Waals surface area contributed by atoms with Crippen LogP contribution < -0.4 is 0 Å². The van der Waals surface area contributed by atoms with Gasteiger partial charge in [0.1, 0.15) is 5.82 Å². The molecule has 4 rings (SSSR count). The molecule has 0 aliphatic carbocycles. The quantitative estimate of drug-likeness (QED) is 0.449. The summed E-state index contributed by atoms with van der Waals surface area (Å²) in [6.07, 6.45) is 2.00. The third-order valence-corrected chi connectivity index (χ3v) is 4.73. The molecular weight excluding hydrogens is 368 g/mol. The summed E-state index contributed by atoms with van der Waals surface area (Å²) >= 11 is 0. The number of esters is 1. The molecule has 148 valence electrons. The van der Waals surface area contributed by atoms with Crippen LogP contribution >= 0.6 is 0 Å². The Kier molecular flexibility index (Phi) is 5.33. The molecule has 2 heterocycles. The summed E-state index contributed by atoms with van der Waals surface area (Å²) in [5.41, 5.74) is 3.16. The van der Waals surface area contributed by atoms with Crippen LogP contribution in [0.2, 0.25) is 0 Å². The lowest BCUT2D eigenvalue weighted by Crippen LogP contribution is -2.11. The smallest absolute Gasteiger partial charge is 0.338 e. The van der Waals surface area contributed by atoms with Crippen molar-refractivity contribution in [3.63, 3.8) is 0 Å². The van der Waals surface area contributed by atoms with E-state index in [2.05, 4.69) is 32.0 Å². The molecule has 0 fully saturated rings. The van der Waals surface area contributed by atoms with Gasteiger partial charge in [-0.3, -0.25) is 4.57 Å². The Bertz CT molecular complexity index is 1130. The highest BCUT2D eigenvalue weighted by Crippen LogP contribution is 2.22. The number of rotatable bonds is 7. The summed E-state index contributed by atoms with van der Waals surface area (Å²) in [5.74, 6) is 0.966. The number of hydrogen-bond acceptors (Lipinski definition) is 6. The van der Waals surface area contributed by atoms with Crippen LogP contribution in [-0.2, 0) is 17.9 Å². The first-order valence-electron chi connectivity index (χ1n) is 9.64. The van der Waals surface area contributed by atoms with Gasteiger partial charge in [0.15, 0.2) is 12.4 Å². The van der Waals surface area contributed by atoms with Crippen LogP contribution in [0.3, 0.4) is 0 Å². The van der Waals surface area contributed by atoms with Gasteiger partial charge in [0.05, 0.1) is 16.6 Å². The molecule has 4 aromatic rings. The predicted molar refractivity (Wildman–Crippen MR) is 108 cm³/mol. The number of hydrogen-bond donors (Lipinski definition) is 0. The first kappa shape index (κ1) is 18.8. The molecule has 0 amide bonds. The van der Waals surface area contributed by atoms with Gasteiger partial charge < -0.3 is 4.74 Å². The third kappa shape index (κ3) is 3.87. The van der Waals surface area contributed by atoms with Gasteiger partial charge in [-0.15, -0.1) is 5.10 Å². The maximum atomic E-state index is 12.5. The molecule has 2 aromatic carbocycles. The van der Waals surface area contributed by atoms with Gasteiger partial charge in [-0.05, 0) is 54.1 Å². The van der Waals surface area contributed by atoms with Crippen molar-refractivity contribution < 1.29 is 9.53 Å². The Morgan fingerprint density at radius 3 is 2.76 bits per heavy atom. The van der Waals surface area contributed by atoms with E-state index in [1.807, 2.05) is 43.3 Å². The van der Waals surface area contributed by atoms with E-state index in [0.717, 1.165) is 35.4 Å². The van der Waals surface area contributed by atoms with E-state index in [0.29, 0.717) is 17.9 Å². The zero-order chi connectivity index (χ0) is 20.2. The summed E-state index contributed by atoms with van der Waals surface area (Å²) in [7, 11) is 0. The van der Waals surface area contributed by atoms with Crippen molar-refractivity contribution in [3.8, 4) is 5.69 Å². The van der Waals surface area contributed by atoms with Crippen LogP contribution in [0.1, 0.15) is 41.8 Å². The average molecular weight is 390 g/mol. The van der Waals surface area contributed by atoms with Gasteiger partial charge in [-0.2, -0.15) is 0 Å². The SMILES string of the molecule is CCCCn1nnnc1COC(=O)c1ccc2c(c1)nc(C)n2-c1ccccc1. The fourth-order valence-corrected chi connectivity index (χ4v) is 3.25. The molecule has 29 heavy (non-hydrogen) atoms. The highest BCUT2D eigenvalue weighted by atomic mass is 16.5. The van der Waals surface area contributed by atoms with Gasteiger partial charge in [0.2, 0.25) is 0 Å². The number of nitrogens with zero attached hydrogens (tertiary/aromatic N) is 6. The third-order valence-electron chi connectivity index (χ3n) is 4.73. The number of aryl methyl sites for hydroxylation is 2. The van der Waals surface area contributed by atoms with E-state index in [1.165, 1.54) is 0 Å². The number of unbranched alkanes of at least 4 members (excludes halogenated alkanes) is 1. The van der Waals surface area contributed by atoms with Gasteiger partial charge in [0, 0.05) is 12.2 Å². The Hall–Kier alpha value is -3.55. The normalized spacial score (nSPS) is 11.1. The predicted octanol–water partition coefficient (Wildman–Crippen LogP) is 3.48. The number of aromatic nitrogens is 6. The molecule has 8 heteroatoms. The number of para-hydroxylation sites is 1. The molecule has 0 saturated heterocycles. The van der Waals surface area contributed by atoms with Crippen LogP contribution in [0.5, 0.6) is 0 Å². The molecule has 2 aromatic heterocycles. The van der Waals surface area contributed by atoms with Gasteiger partial charge in [-0.25, -0.2) is 14.5 Å². The Balaban J connectivity index is 1.53. The second-order valence-electron chi connectivity index (χ2n) is 6.78. The van der Waals surface area contributed by atoms with E-state index < -0.39 is 5.97 Å². The minimum atomic E-state index is -0.427. The van der Waals surface area contributed by atoms with E-state index >= 15 is 0 Å². The molecule has 0 spiro atoms.